The first kappa shape index (κ1) is 25.2. The highest BCUT2D eigenvalue weighted by atomic mass is 35.5. The van der Waals surface area contributed by atoms with Gasteiger partial charge < -0.3 is 10.3 Å². The van der Waals surface area contributed by atoms with Gasteiger partial charge in [0.2, 0.25) is 5.91 Å². The zero-order valence-electron chi connectivity index (χ0n) is 18.6. The summed E-state index contributed by atoms with van der Waals surface area (Å²) in [5, 5.41) is 3.79. The number of amides is 1. The number of thioether (sulfide) groups is 1. The molecule has 0 aliphatic carbocycles. The van der Waals surface area contributed by atoms with Crippen LogP contribution in [0.15, 0.2) is 76.7 Å². The molecule has 2 N–H and O–H groups in total. The third kappa shape index (κ3) is 5.04. The topological polar surface area (TPSA) is 79.8 Å². The molecule has 0 saturated carbocycles. The highest BCUT2D eigenvalue weighted by molar-refractivity contribution is 7.99. The van der Waals surface area contributed by atoms with Gasteiger partial charge in [-0.1, -0.05) is 53.2 Å². The van der Waals surface area contributed by atoms with E-state index in [-0.39, 0.29) is 27.2 Å². The fourth-order valence-corrected chi connectivity index (χ4v) is 4.87. The summed E-state index contributed by atoms with van der Waals surface area (Å²) < 4.78 is 40.6. The molecule has 0 aliphatic heterocycles. The van der Waals surface area contributed by atoms with Crippen LogP contribution >= 0.6 is 35.0 Å². The third-order valence-electron chi connectivity index (χ3n) is 5.48. The molecule has 0 saturated heterocycles. The van der Waals surface area contributed by atoms with Crippen LogP contribution in [-0.2, 0) is 11.0 Å². The van der Waals surface area contributed by atoms with Gasteiger partial charge in [0.05, 0.1) is 27.7 Å². The molecule has 1 amide bonds. The summed E-state index contributed by atoms with van der Waals surface area (Å²) in [6.45, 7) is 0. The van der Waals surface area contributed by atoms with Gasteiger partial charge >= 0.3 is 6.18 Å². The average molecular weight is 563 g/mol. The predicted molar refractivity (Wildman–Crippen MR) is 140 cm³/mol. The maximum absolute atomic E-state index is 13.5. The number of aromatic amines is 1. The Balaban J connectivity index is 1.51. The van der Waals surface area contributed by atoms with Crippen LogP contribution < -0.4 is 10.9 Å². The van der Waals surface area contributed by atoms with E-state index in [0.29, 0.717) is 21.7 Å². The van der Waals surface area contributed by atoms with E-state index in [1.165, 1.54) is 4.57 Å². The number of nitrogens with one attached hydrogen (secondary N) is 2. The van der Waals surface area contributed by atoms with E-state index in [4.69, 9.17) is 23.2 Å². The molecule has 5 aromatic rings. The molecule has 188 valence electrons. The molecule has 37 heavy (non-hydrogen) atoms. The van der Waals surface area contributed by atoms with Gasteiger partial charge in [-0.3, -0.25) is 14.2 Å². The van der Waals surface area contributed by atoms with Crippen LogP contribution in [-0.4, -0.2) is 26.2 Å². The number of fused-ring (bicyclic) bond motifs is 3. The maximum Gasteiger partial charge on any atom is 0.416 e. The highest BCUT2D eigenvalue weighted by Gasteiger charge is 2.31. The maximum atomic E-state index is 13.5. The summed E-state index contributed by atoms with van der Waals surface area (Å²) in [4.78, 5) is 34.0. The molecule has 0 aliphatic rings. The Bertz CT molecular complexity index is 1720. The van der Waals surface area contributed by atoms with Gasteiger partial charge in [0.1, 0.15) is 11.0 Å². The van der Waals surface area contributed by atoms with E-state index >= 15 is 0 Å². The quantitative estimate of drug-likeness (QED) is 0.180. The van der Waals surface area contributed by atoms with Crippen LogP contribution in [0.4, 0.5) is 18.9 Å². The van der Waals surface area contributed by atoms with E-state index in [1.54, 1.807) is 24.3 Å². The monoisotopic (exact) mass is 562 g/mol. The van der Waals surface area contributed by atoms with Crippen LogP contribution in [0.2, 0.25) is 10.0 Å². The fraction of sp³-hybridized carbons (Fsp3) is 0.0800. The Kier molecular flexibility index (Phi) is 6.65. The van der Waals surface area contributed by atoms with E-state index in [2.05, 4.69) is 15.3 Å². The second-order valence-corrected chi connectivity index (χ2v) is 9.72. The minimum absolute atomic E-state index is 0.0391. The molecule has 0 radical (unpaired) electrons. The van der Waals surface area contributed by atoms with Crippen molar-refractivity contribution in [2.24, 2.45) is 0 Å². The van der Waals surface area contributed by atoms with E-state index in [9.17, 15) is 22.8 Å². The summed E-state index contributed by atoms with van der Waals surface area (Å²) in [5.41, 5.74) is 0.443. The number of nitrogens with zero attached hydrogens (tertiary/aromatic N) is 2. The van der Waals surface area contributed by atoms with E-state index < -0.39 is 17.6 Å². The smallest absolute Gasteiger partial charge is 0.349 e. The number of carbonyl (C=O) groups is 1. The van der Waals surface area contributed by atoms with Crippen molar-refractivity contribution < 1.29 is 18.0 Å². The van der Waals surface area contributed by atoms with Gasteiger partial charge in [-0.2, -0.15) is 13.2 Å². The second-order valence-electron chi connectivity index (χ2n) is 7.93. The first-order valence-corrected chi connectivity index (χ1v) is 12.4. The molecule has 6 nitrogen and oxygen atoms in total. The fourth-order valence-electron chi connectivity index (χ4n) is 3.77. The number of aromatic nitrogens is 3. The Morgan fingerprint density at radius 1 is 1.05 bits per heavy atom. The minimum Gasteiger partial charge on any atom is -0.349 e. The SMILES string of the molecule is O=C(CSc1nc2c([nH]c3ccccc32)c(=O)n1-c1ccc(Cl)cc1)Nc1cc(C(F)(F)F)ccc1Cl. The van der Waals surface area contributed by atoms with Crippen LogP contribution in [0.3, 0.4) is 0 Å². The molecule has 0 atom stereocenters. The van der Waals surface area contributed by atoms with E-state index in [1.807, 2.05) is 24.3 Å². The number of alkyl halides is 3. The van der Waals surface area contributed by atoms with Crippen molar-refractivity contribution in [3.8, 4) is 5.69 Å². The van der Waals surface area contributed by atoms with Crippen molar-refractivity contribution in [3.05, 3.63) is 92.7 Å². The van der Waals surface area contributed by atoms with Crippen molar-refractivity contribution >= 4 is 68.5 Å². The first-order valence-electron chi connectivity index (χ1n) is 10.7. The second kappa shape index (κ2) is 9.77. The summed E-state index contributed by atoms with van der Waals surface area (Å²) in [7, 11) is 0. The van der Waals surface area contributed by atoms with Crippen molar-refractivity contribution in [2.75, 3.05) is 11.1 Å². The Labute approximate surface area is 221 Å². The van der Waals surface area contributed by atoms with E-state index in [0.717, 1.165) is 40.9 Å². The van der Waals surface area contributed by atoms with Crippen molar-refractivity contribution in [1.29, 1.82) is 0 Å². The van der Waals surface area contributed by atoms with Crippen LogP contribution in [0.25, 0.3) is 27.6 Å². The number of H-pyrrole nitrogens is 1. The zero-order chi connectivity index (χ0) is 26.3. The number of para-hydroxylation sites is 1. The molecule has 0 unspecified atom stereocenters. The molecule has 0 spiro atoms. The average Bonchev–Trinajstić information content (AvgIpc) is 3.23. The lowest BCUT2D eigenvalue weighted by molar-refractivity contribution is -0.137. The minimum atomic E-state index is -4.59. The molecule has 3 aromatic carbocycles. The highest BCUT2D eigenvalue weighted by Crippen LogP contribution is 2.34. The van der Waals surface area contributed by atoms with Gasteiger partial charge in [0.25, 0.3) is 5.56 Å². The lowest BCUT2D eigenvalue weighted by atomic mass is 10.2. The third-order valence-corrected chi connectivity index (χ3v) is 7.00. The van der Waals surface area contributed by atoms with Crippen LogP contribution in [0, 0.1) is 0 Å². The van der Waals surface area contributed by atoms with Crippen LogP contribution in [0.1, 0.15) is 5.56 Å². The summed E-state index contributed by atoms with van der Waals surface area (Å²) in [5.74, 6) is -0.873. The Hall–Kier alpha value is -3.47. The van der Waals surface area contributed by atoms with Gasteiger partial charge in [-0.25, -0.2) is 4.98 Å². The first-order chi connectivity index (χ1) is 17.6. The summed E-state index contributed by atoms with van der Waals surface area (Å²) in [6.07, 6.45) is -4.59. The lowest BCUT2D eigenvalue weighted by Gasteiger charge is -2.13. The Morgan fingerprint density at radius 3 is 2.51 bits per heavy atom. The largest absolute Gasteiger partial charge is 0.416 e. The molecule has 2 aromatic heterocycles. The molecular weight excluding hydrogens is 548 g/mol. The molecular formula is C25H15Cl2F3N4O2S. The van der Waals surface area contributed by atoms with Gasteiger partial charge in [-0.05, 0) is 48.5 Å². The molecule has 5 rings (SSSR count). The van der Waals surface area contributed by atoms with Crippen molar-refractivity contribution in [1.82, 2.24) is 14.5 Å². The summed E-state index contributed by atoms with van der Waals surface area (Å²) >= 11 is 13.0. The molecule has 0 fully saturated rings. The number of hydrogen-bond acceptors (Lipinski definition) is 4. The number of rotatable bonds is 5. The number of halogens is 5. The lowest BCUT2D eigenvalue weighted by Crippen LogP contribution is -2.23. The molecule has 2 heterocycles. The molecule has 0 bridgehead atoms. The molecule has 12 heteroatoms. The normalized spacial score (nSPS) is 11.8. The van der Waals surface area contributed by atoms with Crippen molar-refractivity contribution in [3.63, 3.8) is 0 Å². The number of benzene rings is 3. The predicted octanol–water partition coefficient (Wildman–Crippen LogP) is 6.92. The standard InChI is InChI=1S/C25H15Cl2F3N4O2S/c26-14-6-8-15(9-7-14)34-23(36)22-21(16-3-1-2-4-18(16)32-22)33-24(34)37-12-20(35)31-19-11-13(25(28,29)30)5-10-17(19)27/h1-11,32H,12H2,(H,31,35). The van der Waals surface area contributed by atoms with Gasteiger partial charge in [-0.15, -0.1) is 0 Å². The number of hydrogen-bond donors (Lipinski definition) is 2. The van der Waals surface area contributed by atoms with Crippen molar-refractivity contribution in [2.45, 2.75) is 11.3 Å². The number of anilines is 1. The van der Waals surface area contributed by atoms with Gasteiger partial charge in [0, 0.05) is 15.9 Å². The van der Waals surface area contributed by atoms with Crippen LogP contribution in [0.5, 0.6) is 0 Å². The zero-order valence-corrected chi connectivity index (χ0v) is 20.9. The van der Waals surface area contributed by atoms with Gasteiger partial charge in [0.15, 0.2) is 5.16 Å². The number of carbonyl (C=O) groups excluding carboxylic acids is 1. The Morgan fingerprint density at radius 2 is 1.78 bits per heavy atom. The summed E-state index contributed by atoms with van der Waals surface area (Å²) in [6, 6.07) is 16.5.